The predicted octanol–water partition coefficient (Wildman–Crippen LogP) is 5.65. The van der Waals surface area contributed by atoms with Crippen LogP contribution in [0.2, 0.25) is 0 Å². The molecular formula is C30H21N5O4. The van der Waals surface area contributed by atoms with Crippen LogP contribution in [-0.4, -0.2) is 37.9 Å². The third kappa shape index (κ3) is 5.01. The fourth-order valence-corrected chi connectivity index (χ4v) is 3.96. The first-order chi connectivity index (χ1) is 19.2. The van der Waals surface area contributed by atoms with Crippen molar-refractivity contribution >= 4 is 17.0 Å². The first-order valence-electron chi connectivity index (χ1n) is 12.1. The molecule has 39 heavy (non-hydrogen) atoms. The standard InChI is InChI=1S/C30H21N5O4/c1-2-19-37-25-17-15-21(16-18-25)20-7-9-22(10-8-20)28-32-33-29(38-28)23-11-13-24(14-12-23)30(36)39-35-27-6-4-3-5-26(27)31-34-35/h2-18H,1,19H2. The van der Waals surface area contributed by atoms with Gasteiger partial charge in [-0.25, -0.2) is 4.79 Å². The van der Waals surface area contributed by atoms with E-state index in [1.54, 1.807) is 42.5 Å². The Morgan fingerprint density at radius 2 is 1.36 bits per heavy atom. The van der Waals surface area contributed by atoms with Gasteiger partial charge in [0, 0.05) is 11.1 Å². The van der Waals surface area contributed by atoms with Crippen LogP contribution in [-0.2, 0) is 0 Å². The molecule has 0 unspecified atom stereocenters. The van der Waals surface area contributed by atoms with Crippen LogP contribution in [0.25, 0.3) is 45.1 Å². The average Bonchev–Trinajstić information content (AvgIpc) is 3.65. The summed E-state index contributed by atoms with van der Waals surface area (Å²) in [5, 5.41) is 16.2. The van der Waals surface area contributed by atoms with E-state index in [1.165, 1.54) is 0 Å². The highest BCUT2D eigenvalue weighted by molar-refractivity contribution is 5.90. The number of carbonyl (C=O) groups is 1. The molecule has 6 rings (SSSR count). The molecule has 2 aromatic heterocycles. The van der Waals surface area contributed by atoms with Crippen molar-refractivity contribution in [1.29, 1.82) is 0 Å². The molecule has 0 radical (unpaired) electrons. The number of hydrogen-bond acceptors (Lipinski definition) is 8. The molecule has 0 atom stereocenters. The van der Waals surface area contributed by atoms with Crippen LogP contribution in [0.5, 0.6) is 5.75 Å². The minimum atomic E-state index is -0.567. The largest absolute Gasteiger partial charge is 0.490 e. The lowest BCUT2D eigenvalue weighted by Crippen LogP contribution is -2.20. The molecule has 9 heteroatoms. The van der Waals surface area contributed by atoms with Crippen molar-refractivity contribution < 1.29 is 18.8 Å². The minimum Gasteiger partial charge on any atom is -0.490 e. The number of hydrogen-bond donors (Lipinski definition) is 0. The fourth-order valence-electron chi connectivity index (χ4n) is 3.96. The molecule has 0 aliphatic carbocycles. The second kappa shape index (κ2) is 10.4. The first kappa shape index (κ1) is 23.8. The monoisotopic (exact) mass is 515 g/mol. The maximum atomic E-state index is 12.6. The summed E-state index contributed by atoms with van der Waals surface area (Å²) in [6.07, 6.45) is 1.71. The number of aromatic nitrogens is 5. The molecule has 0 bridgehead atoms. The van der Waals surface area contributed by atoms with E-state index < -0.39 is 5.97 Å². The lowest BCUT2D eigenvalue weighted by atomic mass is 10.0. The topological polar surface area (TPSA) is 105 Å². The number of benzene rings is 4. The number of para-hydroxylation sites is 1. The van der Waals surface area contributed by atoms with Crippen molar-refractivity contribution in [3.05, 3.63) is 115 Å². The molecule has 0 fully saturated rings. The summed E-state index contributed by atoms with van der Waals surface area (Å²) in [5.41, 5.74) is 5.15. The van der Waals surface area contributed by atoms with Gasteiger partial charge in [-0.2, -0.15) is 0 Å². The second-order valence-electron chi connectivity index (χ2n) is 8.52. The van der Waals surface area contributed by atoms with Crippen LogP contribution < -0.4 is 9.57 Å². The zero-order valence-corrected chi connectivity index (χ0v) is 20.6. The lowest BCUT2D eigenvalue weighted by Gasteiger charge is -2.06. The van der Waals surface area contributed by atoms with Crippen molar-refractivity contribution in [2.24, 2.45) is 0 Å². The van der Waals surface area contributed by atoms with Crippen LogP contribution in [0.1, 0.15) is 10.4 Å². The highest BCUT2D eigenvalue weighted by Crippen LogP contribution is 2.28. The van der Waals surface area contributed by atoms with E-state index >= 15 is 0 Å². The average molecular weight is 516 g/mol. The molecule has 2 heterocycles. The Kier molecular flexibility index (Phi) is 6.36. The third-order valence-electron chi connectivity index (χ3n) is 5.97. The van der Waals surface area contributed by atoms with E-state index in [1.807, 2.05) is 60.7 Å². The minimum absolute atomic E-state index is 0.339. The van der Waals surface area contributed by atoms with Crippen LogP contribution in [0.15, 0.2) is 114 Å². The molecule has 0 spiro atoms. The number of ether oxygens (including phenoxy) is 1. The van der Waals surface area contributed by atoms with E-state index in [0.29, 0.717) is 40.5 Å². The van der Waals surface area contributed by atoms with Crippen molar-refractivity contribution in [3.63, 3.8) is 0 Å². The molecule has 0 saturated heterocycles. The van der Waals surface area contributed by atoms with E-state index in [0.717, 1.165) is 27.3 Å². The van der Waals surface area contributed by atoms with E-state index in [2.05, 4.69) is 27.1 Å². The third-order valence-corrected chi connectivity index (χ3v) is 5.97. The van der Waals surface area contributed by atoms with Crippen molar-refractivity contribution in [3.8, 4) is 39.8 Å². The Balaban J connectivity index is 1.13. The SMILES string of the molecule is C=CCOc1ccc(-c2ccc(-c3nnc(-c4ccc(C(=O)On5nnc6ccccc65)cc4)o3)cc2)cc1. The summed E-state index contributed by atoms with van der Waals surface area (Å²) in [4.78, 5) is 19.1. The summed E-state index contributed by atoms with van der Waals surface area (Å²) < 4.78 is 11.4. The summed E-state index contributed by atoms with van der Waals surface area (Å²) in [7, 11) is 0. The molecule has 0 aliphatic rings. The van der Waals surface area contributed by atoms with Gasteiger partial charge in [-0.15, -0.1) is 15.3 Å². The molecule has 0 amide bonds. The summed E-state index contributed by atoms with van der Waals surface area (Å²) in [6, 6.07) is 29.6. The molecule has 0 aliphatic heterocycles. The van der Waals surface area contributed by atoms with E-state index in [4.69, 9.17) is 14.0 Å². The molecule has 190 valence electrons. The predicted molar refractivity (Wildman–Crippen MR) is 145 cm³/mol. The molecule has 9 nitrogen and oxygen atoms in total. The van der Waals surface area contributed by atoms with Crippen LogP contribution in [0.3, 0.4) is 0 Å². The van der Waals surface area contributed by atoms with E-state index in [-0.39, 0.29) is 0 Å². The summed E-state index contributed by atoms with van der Waals surface area (Å²) in [5.74, 6) is 0.961. The highest BCUT2D eigenvalue weighted by Gasteiger charge is 2.15. The van der Waals surface area contributed by atoms with E-state index in [9.17, 15) is 4.79 Å². The highest BCUT2D eigenvalue weighted by atomic mass is 16.7. The zero-order chi connectivity index (χ0) is 26.6. The van der Waals surface area contributed by atoms with Gasteiger partial charge >= 0.3 is 5.97 Å². The van der Waals surface area contributed by atoms with Crippen molar-refractivity contribution in [2.75, 3.05) is 6.61 Å². The Bertz CT molecular complexity index is 1750. The van der Waals surface area contributed by atoms with Gasteiger partial charge in [0.1, 0.15) is 23.4 Å². The van der Waals surface area contributed by atoms with Gasteiger partial charge in [0.2, 0.25) is 11.8 Å². The maximum absolute atomic E-state index is 12.6. The van der Waals surface area contributed by atoms with Crippen molar-refractivity contribution in [2.45, 2.75) is 0 Å². The molecule has 0 saturated carbocycles. The van der Waals surface area contributed by atoms with Crippen LogP contribution in [0.4, 0.5) is 0 Å². The molecular weight excluding hydrogens is 494 g/mol. The van der Waals surface area contributed by atoms with Crippen LogP contribution in [0, 0.1) is 0 Å². The fraction of sp³-hybridized carbons (Fsp3) is 0.0333. The summed E-state index contributed by atoms with van der Waals surface area (Å²) in [6.45, 7) is 4.13. The number of fused-ring (bicyclic) bond motifs is 1. The molecule has 4 aromatic carbocycles. The Morgan fingerprint density at radius 1 is 0.769 bits per heavy atom. The normalized spacial score (nSPS) is 10.9. The molecule has 0 N–H and O–H groups in total. The lowest BCUT2D eigenvalue weighted by molar-refractivity contribution is 0.0409. The van der Waals surface area contributed by atoms with Gasteiger partial charge in [0.25, 0.3) is 0 Å². The van der Waals surface area contributed by atoms with Gasteiger partial charge in [0.05, 0.1) is 5.56 Å². The van der Waals surface area contributed by atoms with Gasteiger partial charge in [-0.1, -0.05) is 53.9 Å². The van der Waals surface area contributed by atoms with Gasteiger partial charge in [-0.05, 0) is 77.0 Å². The maximum Gasteiger partial charge on any atom is 0.365 e. The number of carbonyl (C=O) groups excluding carboxylic acids is 1. The van der Waals surface area contributed by atoms with Gasteiger partial charge < -0.3 is 14.0 Å². The number of rotatable bonds is 8. The van der Waals surface area contributed by atoms with Crippen LogP contribution >= 0.6 is 0 Å². The number of nitrogens with zero attached hydrogens (tertiary/aromatic N) is 5. The first-order valence-corrected chi connectivity index (χ1v) is 12.1. The smallest absolute Gasteiger partial charge is 0.365 e. The molecule has 6 aromatic rings. The Morgan fingerprint density at radius 3 is 2.03 bits per heavy atom. The van der Waals surface area contributed by atoms with Gasteiger partial charge in [0.15, 0.2) is 0 Å². The summed E-state index contributed by atoms with van der Waals surface area (Å²) >= 11 is 0. The zero-order valence-electron chi connectivity index (χ0n) is 20.6. The van der Waals surface area contributed by atoms with Gasteiger partial charge in [-0.3, -0.25) is 0 Å². The Labute approximate surface area is 222 Å². The second-order valence-corrected chi connectivity index (χ2v) is 8.52. The Hall–Kier alpha value is -5.57. The van der Waals surface area contributed by atoms with Crippen molar-refractivity contribution in [1.82, 2.24) is 25.4 Å². The quantitative estimate of drug-likeness (QED) is 0.189.